The molecule has 1 atom stereocenters. The van der Waals surface area contributed by atoms with E-state index in [4.69, 9.17) is 10.5 Å². The molecule has 0 bridgehead atoms. The second-order valence-electron chi connectivity index (χ2n) is 3.41. The second kappa shape index (κ2) is 3.64. The summed E-state index contributed by atoms with van der Waals surface area (Å²) in [7, 11) is 0. The molecule has 72 valence electrons. The minimum absolute atomic E-state index is 0.474. The van der Waals surface area contributed by atoms with Crippen LogP contribution in [0.15, 0.2) is 0 Å². The number of aromatic nitrogens is 1. The number of anilines is 1. The molecule has 2 heterocycles. The Balaban J connectivity index is 2.18. The third-order valence-electron chi connectivity index (χ3n) is 2.40. The highest BCUT2D eigenvalue weighted by atomic mass is 32.1. The highest BCUT2D eigenvalue weighted by Crippen LogP contribution is 2.30. The fourth-order valence-electron chi connectivity index (χ4n) is 1.76. The molecule has 0 radical (unpaired) electrons. The van der Waals surface area contributed by atoms with Crippen LogP contribution in [0.25, 0.3) is 0 Å². The van der Waals surface area contributed by atoms with Crippen molar-refractivity contribution < 1.29 is 4.74 Å². The molecule has 1 fully saturated rings. The first-order chi connectivity index (χ1) is 6.27. The maximum absolute atomic E-state index is 5.65. The third kappa shape index (κ3) is 1.84. The number of nitrogens with two attached hydrogens (primary N) is 1. The lowest BCUT2D eigenvalue weighted by Crippen LogP contribution is -2.16. The van der Waals surface area contributed by atoms with Crippen LogP contribution in [0.1, 0.15) is 29.3 Å². The molecule has 0 aliphatic carbocycles. The van der Waals surface area contributed by atoms with Crippen LogP contribution in [0.4, 0.5) is 5.13 Å². The van der Waals surface area contributed by atoms with Crippen molar-refractivity contribution in [3.63, 3.8) is 0 Å². The molecule has 1 aliphatic heterocycles. The maximum Gasteiger partial charge on any atom is 0.180 e. The summed E-state index contributed by atoms with van der Waals surface area (Å²) in [5.41, 5.74) is 6.81. The fraction of sp³-hybridized carbons (Fsp3) is 0.667. The number of hydrogen-bond donors (Lipinski definition) is 1. The van der Waals surface area contributed by atoms with Crippen LogP contribution in [-0.2, 0) is 4.74 Å². The number of thiazole rings is 1. The third-order valence-corrected chi connectivity index (χ3v) is 3.21. The van der Waals surface area contributed by atoms with E-state index >= 15 is 0 Å². The minimum atomic E-state index is 0.474. The lowest BCUT2D eigenvalue weighted by molar-refractivity contribution is 0.0793. The number of ether oxygens (including phenoxy) is 1. The van der Waals surface area contributed by atoms with E-state index in [-0.39, 0.29) is 0 Å². The SMILES string of the molecule is Cc1sc(N)nc1C1CCCOC1. The Bertz CT molecular complexity index is 292. The first kappa shape index (κ1) is 8.97. The van der Waals surface area contributed by atoms with Gasteiger partial charge in [-0.05, 0) is 19.8 Å². The van der Waals surface area contributed by atoms with Gasteiger partial charge in [-0.15, -0.1) is 11.3 Å². The zero-order valence-electron chi connectivity index (χ0n) is 7.75. The molecule has 2 N–H and O–H groups in total. The average Bonchev–Trinajstić information content (AvgIpc) is 2.47. The molecular formula is C9H14N2OS. The first-order valence-electron chi connectivity index (χ1n) is 4.58. The Morgan fingerprint density at radius 3 is 3.00 bits per heavy atom. The Morgan fingerprint density at radius 2 is 2.46 bits per heavy atom. The Kier molecular flexibility index (Phi) is 2.51. The van der Waals surface area contributed by atoms with Gasteiger partial charge in [-0.3, -0.25) is 0 Å². The lowest BCUT2D eigenvalue weighted by Gasteiger charge is -2.20. The zero-order valence-corrected chi connectivity index (χ0v) is 8.56. The van der Waals surface area contributed by atoms with Crippen LogP contribution in [0.2, 0.25) is 0 Å². The Hall–Kier alpha value is -0.610. The van der Waals surface area contributed by atoms with Crippen LogP contribution in [0.3, 0.4) is 0 Å². The van der Waals surface area contributed by atoms with Gasteiger partial charge in [0, 0.05) is 17.4 Å². The van der Waals surface area contributed by atoms with Crippen molar-refractivity contribution in [1.82, 2.24) is 4.98 Å². The van der Waals surface area contributed by atoms with E-state index in [2.05, 4.69) is 11.9 Å². The zero-order chi connectivity index (χ0) is 9.26. The van der Waals surface area contributed by atoms with Crippen molar-refractivity contribution in [3.05, 3.63) is 10.6 Å². The molecule has 4 heteroatoms. The molecule has 2 rings (SSSR count). The van der Waals surface area contributed by atoms with Gasteiger partial charge in [0.15, 0.2) is 5.13 Å². The maximum atomic E-state index is 5.65. The lowest BCUT2D eigenvalue weighted by atomic mass is 9.98. The van der Waals surface area contributed by atoms with E-state index in [0.717, 1.165) is 25.3 Å². The van der Waals surface area contributed by atoms with E-state index in [1.807, 2.05) is 0 Å². The quantitative estimate of drug-likeness (QED) is 0.750. The standard InChI is InChI=1S/C9H14N2OS/c1-6-8(11-9(10)13-6)7-3-2-4-12-5-7/h7H,2-5H2,1H3,(H2,10,11). The monoisotopic (exact) mass is 198 g/mol. The predicted octanol–water partition coefficient (Wildman–Crippen LogP) is 1.93. The molecule has 0 spiro atoms. The Morgan fingerprint density at radius 1 is 1.62 bits per heavy atom. The van der Waals surface area contributed by atoms with Gasteiger partial charge in [-0.1, -0.05) is 0 Å². The van der Waals surface area contributed by atoms with Gasteiger partial charge in [0.1, 0.15) is 0 Å². The summed E-state index contributed by atoms with van der Waals surface area (Å²) in [5.74, 6) is 0.474. The number of hydrogen-bond acceptors (Lipinski definition) is 4. The molecule has 0 saturated carbocycles. The molecule has 0 aromatic carbocycles. The van der Waals surface area contributed by atoms with Crippen molar-refractivity contribution in [1.29, 1.82) is 0 Å². The molecule has 13 heavy (non-hydrogen) atoms. The predicted molar refractivity (Wildman–Crippen MR) is 54.1 cm³/mol. The highest BCUT2D eigenvalue weighted by Gasteiger charge is 2.20. The molecule has 1 aliphatic rings. The summed E-state index contributed by atoms with van der Waals surface area (Å²) in [4.78, 5) is 5.59. The molecule has 1 aromatic heterocycles. The summed E-state index contributed by atoms with van der Waals surface area (Å²) in [6.45, 7) is 3.79. The van der Waals surface area contributed by atoms with E-state index in [9.17, 15) is 0 Å². The van der Waals surface area contributed by atoms with Crippen molar-refractivity contribution >= 4 is 16.5 Å². The highest BCUT2D eigenvalue weighted by molar-refractivity contribution is 7.15. The molecule has 0 amide bonds. The first-order valence-corrected chi connectivity index (χ1v) is 5.39. The van der Waals surface area contributed by atoms with Crippen molar-refractivity contribution in [2.24, 2.45) is 0 Å². The van der Waals surface area contributed by atoms with Crippen LogP contribution in [0.5, 0.6) is 0 Å². The van der Waals surface area contributed by atoms with Gasteiger partial charge in [-0.2, -0.15) is 0 Å². The van der Waals surface area contributed by atoms with Crippen LogP contribution in [0, 0.1) is 6.92 Å². The summed E-state index contributed by atoms with van der Waals surface area (Å²) in [6.07, 6.45) is 2.32. The van der Waals surface area contributed by atoms with Crippen LogP contribution in [-0.4, -0.2) is 18.2 Å². The van der Waals surface area contributed by atoms with Crippen molar-refractivity contribution in [2.75, 3.05) is 18.9 Å². The van der Waals surface area contributed by atoms with Crippen LogP contribution >= 0.6 is 11.3 Å². The van der Waals surface area contributed by atoms with E-state index in [0.29, 0.717) is 11.0 Å². The van der Waals surface area contributed by atoms with Gasteiger partial charge >= 0.3 is 0 Å². The van der Waals surface area contributed by atoms with E-state index in [1.165, 1.54) is 11.3 Å². The average molecular weight is 198 g/mol. The summed E-state index contributed by atoms with van der Waals surface area (Å²) in [5, 5.41) is 0.679. The van der Waals surface area contributed by atoms with Gasteiger partial charge in [0.05, 0.1) is 12.3 Å². The largest absolute Gasteiger partial charge is 0.381 e. The smallest absolute Gasteiger partial charge is 0.180 e. The molecule has 3 nitrogen and oxygen atoms in total. The number of rotatable bonds is 1. The summed E-state index contributed by atoms with van der Waals surface area (Å²) >= 11 is 1.57. The normalized spacial score (nSPS) is 23.3. The number of aryl methyl sites for hydroxylation is 1. The second-order valence-corrected chi connectivity index (χ2v) is 4.64. The molecular weight excluding hydrogens is 184 g/mol. The molecule has 1 saturated heterocycles. The summed E-state index contributed by atoms with van der Waals surface area (Å²) in [6, 6.07) is 0. The minimum Gasteiger partial charge on any atom is -0.381 e. The van der Waals surface area contributed by atoms with Gasteiger partial charge in [0.2, 0.25) is 0 Å². The van der Waals surface area contributed by atoms with Gasteiger partial charge in [-0.25, -0.2) is 4.98 Å². The fourth-order valence-corrected chi connectivity index (χ4v) is 2.54. The molecule has 1 unspecified atom stereocenters. The Labute approximate surface area is 81.9 Å². The van der Waals surface area contributed by atoms with Gasteiger partial charge < -0.3 is 10.5 Å². The van der Waals surface area contributed by atoms with Crippen LogP contribution < -0.4 is 5.73 Å². The molecule has 1 aromatic rings. The van der Waals surface area contributed by atoms with Crippen molar-refractivity contribution in [2.45, 2.75) is 25.7 Å². The summed E-state index contributed by atoms with van der Waals surface area (Å²) < 4.78 is 5.42. The van der Waals surface area contributed by atoms with E-state index in [1.54, 1.807) is 11.3 Å². The van der Waals surface area contributed by atoms with Crippen molar-refractivity contribution in [3.8, 4) is 0 Å². The number of nitrogens with zero attached hydrogens (tertiary/aromatic N) is 1. The topological polar surface area (TPSA) is 48.1 Å². The number of nitrogen functional groups attached to an aromatic ring is 1. The van der Waals surface area contributed by atoms with E-state index < -0.39 is 0 Å². The van der Waals surface area contributed by atoms with Gasteiger partial charge in [0.25, 0.3) is 0 Å².